The van der Waals surface area contributed by atoms with Crippen molar-refractivity contribution >= 4 is 17.2 Å². The van der Waals surface area contributed by atoms with Crippen LogP contribution in [0.15, 0.2) is 22.1 Å². The molecule has 1 saturated heterocycles. The molecule has 1 atom stereocenters. The molecule has 1 amide bonds. The minimum Gasteiger partial charge on any atom is -0.459 e. The van der Waals surface area contributed by atoms with Crippen molar-refractivity contribution in [3.8, 4) is 0 Å². The summed E-state index contributed by atoms with van der Waals surface area (Å²) < 4.78 is 11.0. The lowest BCUT2D eigenvalue weighted by molar-refractivity contribution is 0.0483. The molecule has 0 aromatic carbocycles. The van der Waals surface area contributed by atoms with Gasteiger partial charge in [-0.3, -0.25) is 4.79 Å². The van der Waals surface area contributed by atoms with Crippen molar-refractivity contribution < 1.29 is 13.9 Å². The molecule has 0 spiro atoms. The van der Waals surface area contributed by atoms with Crippen LogP contribution >= 0.6 is 11.3 Å². The number of carbonyl (C=O) groups is 1. The summed E-state index contributed by atoms with van der Waals surface area (Å²) in [6, 6.07) is 1.81. The third kappa shape index (κ3) is 3.39. The molecule has 22 heavy (non-hydrogen) atoms. The molecule has 0 N–H and O–H groups in total. The molecule has 6 heteroatoms. The van der Waals surface area contributed by atoms with Crippen LogP contribution in [0.3, 0.4) is 0 Å². The van der Waals surface area contributed by atoms with Crippen LogP contribution in [0.4, 0.5) is 0 Å². The van der Waals surface area contributed by atoms with Crippen LogP contribution < -0.4 is 0 Å². The fraction of sp³-hybridized carbons (Fsp3) is 0.500. The lowest BCUT2D eigenvalue weighted by Gasteiger charge is -2.24. The molecule has 0 radical (unpaired) electrons. The van der Waals surface area contributed by atoms with Gasteiger partial charge < -0.3 is 14.1 Å². The quantitative estimate of drug-likeness (QED) is 0.849. The van der Waals surface area contributed by atoms with Crippen molar-refractivity contribution in [2.24, 2.45) is 0 Å². The number of thiazole rings is 1. The SMILES string of the molecule is Cc1csc(CN(C[C@H]2CCCO2)C(=O)c2occc2C)n1. The molecule has 118 valence electrons. The Morgan fingerprint density at radius 3 is 2.95 bits per heavy atom. The summed E-state index contributed by atoms with van der Waals surface area (Å²) in [4.78, 5) is 19.0. The molecule has 1 aliphatic rings. The summed E-state index contributed by atoms with van der Waals surface area (Å²) in [6.07, 6.45) is 3.72. The number of aryl methyl sites for hydroxylation is 2. The first-order chi connectivity index (χ1) is 10.6. The second-order valence-corrected chi connectivity index (χ2v) is 6.58. The van der Waals surface area contributed by atoms with E-state index in [1.165, 1.54) is 0 Å². The van der Waals surface area contributed by atoms with Gasteiger partial charge in [0.15, 0.2) is 5.76 Å². The first-order valence-corrected chi connectivity index (χ1v) is 8.37. The van der Waals surface area contributed by atoms with Crippen LogP contribution in [0.1, 0.15) is 39.7 Å². The number of nitrogens with zero attached hydrogens (tertiary/aromatic N) is 2. The maximum atomic E-state index is 12.8. The van der Waals surface area contributed by atoms with E-state index in [1.807, 2.05) is 25.3 Å². The van der Waals surface area contributed by atoms with Crippen LogP contribution in [0.25, 0.3) is 0 Å². The molecule has 0 bridgehead atoms. The van der Waals surface area contributed by atoms with Gasteiger partial charge in [-0.1, -0.05) is 0 Å². The zero-order chi connectivity index (χ0) is 15.5. The highest BCUT2D eigenvalue weighted by Crippen LogP contribution is 2.20. The average molecular weight is 320 g/mol. The predicted octanol–water partition coefficient (Wildman–Crippen LogP) is 3.17. The van der Waals surface area contributed by atoms with E-state index in [1.54, 1.807) is 22.5 Å². The number of rotatable bonds is 5. The monoisotopic (exact) mass is 320 g/mol. The van der Waals surface area contributed by atoms with Crippen molar-refractivity contribution in [3.63, 3.8) is 0 Å². The molecular formula is C16H20N2O3S. The van der Waals surface area contributed by atoms with Crippen molar-refractivity contribution in [2.45, 2.75) is 39.3 Å². The van der Waals surface area contributed by atoms with Gasteiger partial charge >= 0.3 is 0 Å². The van der Waals surface area contributed by atoms with Gasteiger partial charge in [0, 0.05) is 29.8 Å². The van der Waals surface area contributed by atoms with Crippen molar-refractivity contribution in [1.82, 2.24) is 9.88 Å². The number of hydrogen-bond acceptors (Lipinski definition) is 5. The maximum absolute atomic E-state index is 12.8. The third-order valence-corrected chi connectivity index (χ3v) is 4.74. The summed E-state index contributed by atoms with van der Waals surface area (Å²) in [5.41, 5.74) is 1.84. The molecule has 2 aromatic rings. The van der Waals surface area contributed by atoms with E-state index in [4.69, 9.17) is 9.15 Å². The predicted molar refractivity (Wildman–Crippen MR) is 84.0 cm³/mol. The lowest BCUT2D eigenvalue weighted by Crippen LogP contribution is -2.37. The van der Waals surface area contributed by atoms with Gasteiger partial charge in [-0.2, -0.15) is 0 Å². The molecule has 0 aliphatic carbocycles. The van der Waals surface area contributed by atoms with Gasteiger partial charge in [-0.05, 0) is 32.8 Å². The van der Waals surface area contributed by atoms with E-state index in [9.17, 15) is 4.79 Å². The van der Waals surface area contributed by atoms with Gasteiger partial charge in [-0.25, -0.2) is 4.98 Å². The van der Waals surface area contributed by atoms with Crippen LogP contribution in [0.2, 0.25) is 0 Å². The number of furan rings is 1. The van der Waals surface area contributed by atoms with Gasteiger partial charge in [0.2, 0.25) is 0 Å². The molecule has 1 aliphatic heterocycles. The first-order valence-electron chi connectivity index (χ1n) is 7.49. The van der Waals surface area contributed by atoms with Crippen molar-refractivity contribution in [3.05, 3.63) is 39.7 Å². The second kappa shape index (κ2) is 6.62. The lowest BCUT2D eigenvalue weighted by atomic mass is 10.2. The van der Waals surface area contributed by atoms with Crippen LogP contribution in [-0.4, -0.2) is 35.0 Å². The summed E-state index contributed by atoms with van der Waals surface area (Å²) in [5, 5.41) is 2.94. The fourth-order valence-electron chi connectivity index (χ4n) is 2.63. The Labute approximate surface area is 133 Å². The van der Waals surface area contributed by atoms with Gasteiger partial charge in [0.05, 0.1) is 18.9 Å². The highest BCUT2D eigenvalue weighted by Gasteiger charge is 2.26. The summed E-state index contributed by atoms with van der Waals surface area (Å²) in [7, 11) is 0. The van der Waals surface area contributed by atoms with E-state index in [2.05, 4.69) is 4.98 Å². The van der Waals surface area contributed by atoms with Crippen molar-refractivity contribution in [2.75, 3.05) is 13.2 Å². The molecular weight excluding hydrogens is 300 g/mol. The zero-order valence-corrected chi connectivity index (χ0v) is 13.7. The normalized spacial score (nSPS) is 17.8. The Morgan fingerprint density at radius 2 is 2.36 bits per heavy atom. The number of hydrogen-bond donors (Lipinski definition) is 0. The van der Waals surface area contributed by atoms with Gasteiger partial charge in [0.1, 0.15) is 5.01 Å². The Balaban J connectivity index is 1.78. The zero-order valence-electron chi connectivity index (χ0n) is 12.9. The largest absolute Gasteiger partial charge is 0.459 e. The Bertz CT molecular complexity index is 643. The Morgan fingerprint density at radius 1 is 1.50 bits per heavy atom. The van der Waals surface area contributed by atoms with Gasteiger partial charge in [0.25, 0.3) is 5.91 Å². The minimum atomic E-state index is -0.0918. The molecule has 1 fully saturated rings. The fourth-order valence-corrected chi connectivity index (χ4v) is 3.41. The maximum Gasteiger partial charge on any atom is 0.290 e. The highest BCUT2D eigenvalue weighted by molar-refractivity contribution is 7.09. The van der Waals surface area contributed by atoms with E-state index in [0.29, 0.717) is 18.8 Å². The number of ether oxygens (including phenoxy) is 1. The number of aromatic nitrogens is 1. The summed E-state index contributed by atoms with van der Waals surface area (Å²) >= 11 is 1.58. The van der Waals surface area contributed by atoms with E-state index >= 15 is 0 Å². The van der Waals surface area contributed by atoms with Crippen LogP contribution in [0, 0.1) is 13.8 Å². The second-order valence-electron chi connectivity index (χ2n) is 5.64. The first kappa shape index (κ1) is 15.2. The summed E-state index contributed by atoms with van der Waals surface area (Å²) in [5.74, 6) is 0.317. The molecule has 0 unspecified atom stereocenters. The highest BCUT2D eigenvalue weighted by atomic mass is 32.1. The smallest absolute Gasteiger partial charge is 0.290 e. The van der Waals surface area contributed by atoms with E-state index in [-0.39, 0.29) is 12.0 Å². The molecule has 5 nitrogen and oxygen atoms in total. The molecule has 3 rings (SSSR count). The molecule has 2 aromatic heterocycles. The van der Waals surface area contributed by atoms with Crippen LogP contribution in [-0.2, 0) is 11.3 Å². The van der Waals surface area contributed by atoms with E-state index in [0.717, 1.165) is 35.7 Å². The van der Waals surface area contributed by atoms with Crippen LogP contribution in [0.5, 0.6) is 0 Å². The third-order valence-electron chi connectivity index (χ3n) is 3.78. The Hall–Kier alpha value is -1.66. The Kier molecular flexibility index (Phi) is 4.59. The number of carbonyl (C=O) groups excluding carboxylic acids is 1. The van der Waals surface area contributed by atoms with E-state index < -0.39 is 0 Å². The van der Waals surface area contributed by atoms with Gasteiger partial charge in [-0.15, -0.1) is 11.3 Å². The summed E-state index contributed by atoms with van der Waals surface area (Å²) in [6.45, 7) is 5.70. The number of amides is 1. The average Bonchev–Trinajstić information content (AvgIpc) is 3.21. The topological polar surface area (TPSA) is 55.6 Å². The van der Waals surface area contributed by atoms with Crippen molar-refractivity contribution in [1.29, 1.82) is 0 Å². The molecule has 3 heterocycles. The standard InChI is InChI=1S/C16H20N2O3S/c1-11-5-7-21-15(11)16(19)18(8-13-4-3-6-20-13)9-14-17-12(2)10-22-14/h5,7,10,13H,3-4,6,8-9H2,1-2H3/t13-/m1/s1. The molecule has 0 saturated carbocycles. The minimum absolute atomic E-state index is 0.0918.